The first-order valence-corrected chi connectivity index (χ1v) is 15.3. The van der Waals surface area contributed by atoms with Crippen molar-refractivity contribution >= 4 is 30.1 Å². The Labute approximate surface area is 198 Å². The molecule has 0 amide bonds. The second-order valence-corrected chi connectivity index (χ2v) is 16.0. The third-order valence-electron chi connectivity index (χ3n) is 5.93. The highest BCUT2D eigenvalue weighted by Gasteiger charge is 2.38. The van der Waals surface area contributed by atoms with Gasteiger partial charge in [-0.25, -0.2) is 13.1 Å². The van der Waals surface area contributed by atoms with E-state index in [0.29, 0.717) is 6.42 Å². The lowest BCUT2D eigenvalue weighted by Gasteiger charge is -2.37. The maximum atomic E-state index is 12.6. The van der Waals surface area contributed by atoms with Crippen LogP contribution < -0.4 is 4.72 Å². The molecule has 2 aromatic rings. The molecule has 9 heteroatoms. The van der Waals surface area contributed by atoms with Crippen LogP contribution in [0.2, 0.25) is 18.1 Å². The fraction of sp³-hybridized carbons (Fsp3) is 0.417. The predicted octanol–water partition coefficient (Wildman–Crippen LogP) is 5.54. The Bertz CT molecular complexity index is 1110. The van der Waals surface area contributed by atoms with Gasteiger partial charge in [-0.3, -0.25) is 10.1 Å². The first-order valence-electron chi connectivity index (χ1n) is 10.9. The normalized spacial score (nSPS) is 13.9. The zero-order valence-electron chi connectivity index (χ0n) is 20.2. The molecule has 0 heterocycles. The minimum Gasteiger partial charge on any atom is -0.411 e. The number of rotatable bonds is 10. The van der Waals surface area contributed by atoms with E-state index in [0.717, 1.165) is 11.1 Å². The van der Waals surface area contributed by atoms with Gasteiger partial charge in [-0.2, -0.15) is 0 Å². The lowest BCUT2D eigenvalue weighted by atomic mass is 10.0. The summed E-state index contributed by atoms with van der Waals surface area (Å²) in [6, 6.07) is 13.1. The molecule has 2 aromatic carbocycles. The standard InChI is InChI=1S/C24H34N2O5SSi/c1-19(31-33(5,6)24(2,3)4)15-16-20-11-7-8-12-21(20)17-18-25-32(29,30)23-14-10-9-13-22(23)26(27)28/h7-16,19,25H,17-18H2,1-6H3/b16-15+/t19-/m0/s1. The number of para-hydroxylation sites is 1. The maximum absolute atomic E-state index is 12.6. The molecule has 33 heavy (non-hydrogen) atoms. The van der Waals surface area contributed by atoms with Crippen LogP contribution in [0.4, 0.5) is 5.69 Å². The SMILES string of the molecule is C[C@@H](/C=C/c1ccccc1CCNS(=O)(=O)c1ccccc1[N+](=O)[O-])O[Si](C)(C)C(C)(C)C. The summed E-state index contributed by atoms with van der Waals surface area (Å²) in [6.45, 7) is 13.2. The van der Waals surface area contributed by atoms with Crippen LogP contribution in [-0.4, -0.2) is 34.3 Å². The predicted molar refractivity (Wildman–Crippen MR) is 135 cm³/mol. The number of nitrogens with zero attached hydrogens (tertiary/aromatic N) is 1. The van der Waals surface area contributed by atoms with Crippen LogP contribution in [-0.2, 0) is 20.9 Å². The number of nitro benzene ring substituents is 1. The quantitative estimate of drug-likeness (QED) is 0.268. The van der Waals surface area contributed by atoms with Crippen molar-refractivity contribution in [3.63, 3.8) is 0 Å². The van der Waals surface area contributed by atoms with Crippen molar-refractivity contribution in [2.75, 3.05) is 6.54 Å². The average molecular weight is 491 g/mol. The highest BCUT2D eigenvalue weighted by atomic mass is 32.2. The van der Waals surface area contributed by atoms with Gasteiger partial charge in [0, 0.05) is 12.6 Å². The van der Waals surface area contributed by atoms with Crippen molar-refractivity contribution in [3.8, 4) is 0 Å². The number of nitrogens with one attached hydrogen (secondary N) is 1. The zero-order valence-corrected chi connectivity index (χ0v) is 22.0. The third-order valence-corrected chi connectivity index (χ3v) is 12.0. The van der Waals surface area contributed by atoms with Gasteiger partial charge in [-0.05, 0) is 48.7 Å². The summed E-state index contributed by atoms with van der Waals surface area (Å²) in [4.78, 5) is 10.1. The lowest BCUT2D eigenvalue weighted by Crippen LogP contribution is -2.42. The summed E-state index contributed by atoms with van der Waals surface area (Å²) in [6.07, 6.45) is 4.43. The lowest BCUT2D eigenvalue weighted by molar-refractivity contribution is -0.387. The van der Waals surface area contributed by atoms with Crippen molar-refractivity contribution in [3.05, 3.63) is 75.8 Å². The molecule has 1 N–H and O–H groups in total. The molecule has 180 valence electrons. The second-order valence-electron chi connectivity index (χ2n) is 9.51. The Morgan fingerprint density at radius 1 is 1.12 bits per heavy atom. The Kier molecular flexibility index (Phi) is 8.75. The molecule has 0 saturated heterocycles. The molecule has 1 atom stereocenters. The summed E-state index contributed by atoms with van der Waals surface area (Å²) in [5.74, 6) is 0. The van der Waals surface area contributed by atoms with Crippen molar-refractivity contribution in [2.24, 2.45) is 0 Å². The van der Waals surface area contributed by atoms with Gasteiger partial charge < -0.3 is 4.43 Å². The maximum Gasteiger partial charge on any atom is 0.289 e. The van der Waals surface area contributed by atoms with Crippen LogP contribution in [0.1, 0.15) is 38.8 Å². The first-order chi connectivity index (χ1) is 15.2. The van der Waals surface area contributed by atoms with Gasteiger partial charge in [0.1, 0.15) is 0 Å². The molecule has 7 nitrogen and oxygen atoms in total. The topological polar surface area (TPSA) is 98.5 Å². The molecule has 0 aliphatic carbocycles. The molecular formula is C24H34N2O5SSi. The largest absolute Gasteiger partial charge is 0.411 e. The van der Waals surface area contributed by atoms with Gasteiger partial charge in [-0.15, -0.1) is 0 Å². The van der Waals surface area contributed by atoms with E-state index in [1.807, 2.05) is 43.3 Å². The van der Waals surface area contributed by atoms with Crippen LogP contribution >= 0.6 is 0 Å². The molecule has 2 rings (SSSR count). The van der Waals surface area contributed by atoms with Crippen molar-refractivity contribution in [1.29, 1.82) is 0 Å². The Morgan fingerprint density at radius 2 is 1.73 bits per heavy atom. The fourth-order valence-corrected chi connectivity index (χ4v) is 5.64. The van der Waals surface area contributed by atoms with E-state index in [2.05, 4.69) is 38.6 Å². The van der Waals surface area contributed by atoms with Crippen molar-refractivity contribution < 1.29 is 17.8 Å². The number of nitro groups is 1. The van der Waals surface area contributed by atoms with Crippen LogP contribution in [0.25, 0.3) is 6.08 Å². The summed E-state index contributed by atoms with van der Waals surface area (Å²) >= 11 is 0. The van der Waals surface area contributed by atoms with Crippen molar-refractivity contribution in [2.45, 2.75) is 63.2 Å². The van der Waals surface area contributed by atoms with Gasteiger partial charge in [0.05, 0.1) is 11.0 Å². The van der Waals surface area contributed by atoms with E-state index in [9.17, 15) is 18.5 Å². The van der Waals surface area contributed by atoms with E-state index in [1.165, 1.54) is 24.3 Å². The molecule has 0 bridgehead atoms. The van der Waals surface area contributed by atoms with E-state index in [4.69, 9.17) is 4.43 Å². The molecule has 0 spiro atoms. The Hall–Kier alpha value is -2.33. The summed E-state index contributed by atoms with van der Waals surface area (Å²) in [5.41, 5.74) is 1.51. The molecule has 0 fully saturated rings. The van der Waals surface area contributed by atoms with E-state index in [1.54, 1.807) is 0 Å². The smallest absolute Gasteiger partial charge is 0.289 e. The number of hydrogen-bond acceptors (Lipinski definition) is 5. The summed E-state index contributed by atoms with van der Waals surface area (Å²) < 4.78 is 34.1. The van der Waals surface area contributed by atoms with Gasteiger partial charge in [0.25, 0.3) is 5.69 Å². The third kappa shape index (κ3) is 7.33. The van der Waals surface area contributed by atoms with E-state index in [-0.39, 0.29) is 22.6 Å². The van der Waals surface area contributed by atoms with Crippen LogP contribution in [0.15, 0.2) is 59.5 Å². The Balaban J connectivity index is 2.08. The van der Waals surface area contributed by atoms with Crippen LogP contribution in [0, 0.1) is 10.1 Å². The molecule has 0 aliphatic rings. The number of sulfonamides is 1. The van der Waals surface area contributed by atoms with Gasteiger partial charge in [0.2, 0.25) is 10.0 Å². The first kappa shape index (κ1) is 26.9. The van der Waals surface area contributed by atoms with Crippen LogP contribution in [0.3, 0.4) is 0 Å². The van der Waals surface area contributed by atoms with Crippen molar-refractivity contribution in [1.82, 2.24) is 4.72 Å². The number of benzene rings is 2. The fourth-order valence-electron chi connectivity index (χ4n) is 3.08. The average Bonchev–Trinajstić information content (AvgIpc) is 2.71. The van der Waals surface area contributed by atoms with Gasteiger partial charge >= 0.3 is 0 Å². The summed E-state index contributed by atoms with van der Waals surface area (Å²) in [7, 11) is -5.89. The molecule has 0 unspecified atom stereocenters. The summed E-state index contributed by atoms with van der Waals surface area (Å²) in [5, 5.41) is 11.3. The van der Waals surface area contributed by atoms with E-state index < -0.39 is 29.0 Å². The number of hydrogen-bond donors (Lipinski definition) is 1. The second kappa shape index (κ2) is 10.7. The van der Waals surface area contributed by atoms with Gasteiger partial charge in [-0.1, -0.05) is 69.3 Å². The zero-order chi connectivity index (χ0) is 24.9. The molecule has 0 aromatic heterocycles. The molecular weight excluding hydrogens is 456 g/mol. The highest BCUT2D eigenvalue weighted by molar-refractivity contribution is 7.89. The highest BCUT2D eigenvalue weighted by Crippen LogP contribution is 2.37. The van der Waals surface area contributed by atoms with E-state index >= 15 is 0 Å². The van der Waals surface area contributed by atoms with Crippen LogP contribution in [0.5, 0.6) is 0 Å². The minimum atomic E-state index is -4.00. The van der Waals surface area contributed by atoms with Gasteiger partial charge in [0.15, 0.2) is 13.2 Å². The minimum absolute atomic E-state index is 0.0453. The molecule has 0 radical (unpaired) electrons. The molecule has 0 saturated carbocycles. The Morgan fingerprint density at radius 3 is 2.36 bits per heavy atom. The monoisotopic (exact) mass is 490 g/mol. The molecule has 0 aliphatic heterocycles.